The summed E-state index contributed by atoms with van der Waals surface area (Å²) < 4.78 is 14.2. The van der Waals surface area contributed by atoms with Crippen LogP contribution in [0.2, 0.25) is 5.02 Å². The zero-order valence-electron chi connectivity index (χ0n) is 10.8. The minimum atomic E-state index is -0.254. The van der Waals surface area contributed by atoms with E-state index < -0.39 is 0 Å². The van der Waals surface area contributed by atoms with Gasteiger partial charge in [-0.25, -0.2) is 4.39 Å². The van der Waals surface area contributed by atoms with Gasteiger partial charge in [-0.1, -0.05) is 37.1 Å². The van der Waals surface area contributed by atoms with Gasteiger partial charge in [0.2, 0.25) is 0 Å². The summed E-state index contributed by atoms with van der Waals surface area (Å²) in [5.74, 6) is -0.254. The Morgan fingerprint density at radius 1 is 1.39 bits per heavy atom. The van der Waals surface area contributed by atoms with Crippen molar-refractivity contribution in [3.05, 3.63) is 34.6 Å². The van der Waals surface area contributed by atoms with Gasteiger partial charge in [0, 0.05) is 37.8 Å². The number of rotatable bonds is 4. The van der Waals surface area contributed by atoms with Crippen LogP contribution in [0.15, 0.2) is 18.2 Å². The van der Waals surface area contributed by atoms with Gasteiger partial charge in [0.15, 0.2) is 0 Å². The van der Waals surface area contributed by atoms with Crippen LogP contribution in [-0.4, -0.2) is 31.1 Å². The Bertz CT molecular complexity index is 391. The first kappa shape index (κ1) is 13.8. The first-order valence-corrected chi connectivity index (χ1v) is 7.00. The molecular weight excluding hydrogens is 251 g/mol. The minimum absolute atomic E-state index is 0.149. The zero-order valence-corrected chi connectivity index (χ0v) is 11.5. The molecule has 0 amide bonds. The number of benzene rings is 1. The first-order chi connectivity index (χ1) is 8.74. The second-order valence-corrected chi connectivity index (χ2v) is 5.14. The number of hydrogen-bond donors (Lipinski definition) is 1. The lowest BCUT2D eigenvalue weighted by Gasteiger charge is -2.35. The van der Waals surface area contributed by atoms with Crippen LogP contribution in [0.3, 0.4) is 0 Å². The summed E-state index contributed by atoms with van der Waals surface area (Å²) in [6.07, 6.45) is 2.01. The Hall–Kier alpha value is -0.640. The van der Waals surface area contributed by atoms with E-state index in [0.717, 1.165) is 44.6 Å². The summed E-state index contributed by atoms with van der Waals surface area (Å²) in [6.45, 7) is 6.02. The van der Waals surface area contributed by atoms with Gasteiger partial charge in [0.25, 0.3) is 0 Å². The monoisotopic (exact) mass is 270 g/mol. The van der Waals surface area contributed by atoms with Crippen molar-refractivity contribution in [3.63, 3.8) is 0 Å². The molecule has 0 spiro atoms. The minimum Gasteiger partial charge on any atom is -0.314 e. The molecule has 1 aliphatic rings. The Morgan fingerprint density at radius 2 is 2.11 bits per heavy atom. The Morgan fingerprint density at radius 3 is 2.78 bits per heavy atom. The zero-order chi connectivity index (χ0) is 13.0. The molecule has 1 heterocycles. The topological polar surface area (TPSA) is 15.3 Å². The van der Waals surface area contributed by atoms with Gasteiger partial charge in [-0.05, 0) is 12.5 Å². The average molecular weight is 271 g/mol. The molecule has 1 fully saturated rings. The molecule has 0 radical (unpaired) electrons. The van der Waals surface area contributed by atoms with Crippen molar-refractivity contribution in [2.24, 2.45) is 0 Å². The van der Waals surface area contributed by atoms with E-state index in [4.69, 9.17) is 11.6 Å². The van der Waals surface area contributed by atoms with Crippen LogP contribution >= 0.6 is 11.6 Å². The molecule has 2 rings (SSSR count). The normalized spacial score (nSPS) is 18.8. The Kier molecular flexibility index (Phi) is 4.98. The lowest BCUT2D eigenvalue weighted by Crippen LogP contribution is -2.45. The molecular formula is C14H20ClFN2. The smallest absolute Gasteiger partial charge is 0.146 e. The Balaban J connectivity index is 2.25. The van der Waals surface area contributed by atoms with E-state index in [1.165, 1.54) is 0 Å². The van der Waals surface area contributed by atoms with Gasteiger partial charge in [-0.3, -0.25) is 4.90 Å². The van der Waals surface area contributed by atoms with Crippen LogP contribution in [-0.2, 0) is 0 Å². The maximum atomic E-state index is 14.2. The fraction of sp³-hybridized carbons (Fsp3) is 0.571. The lowest BCUT2D eigenvalue weighted by molar-refractivity contribution is 0.161. The standard InChI is InChI=1S/C14H20ClFN2/c1-2-4-13(18-9-7-17-8-10-18)11-5-3-6-12(15)14(11)16/h3,5-6,13,17H,2,4,7-10H2,1H3/t13-/m1/s1. The number of piperazine rings is 1. The van der Waals surface area contributed by atoms with Crippen molar-refractivity contribution >= 4 is 11.6 Å². The van der Waals surface area contributed by atoms with Crippen molar-refractivity contribution in [3.8, 4) is 0 Å². The SMILES string of the molecule is CCC[C@H](c1cccc(Cl)c1F)N1CCNCC1. The number of nitrogens with one attached hydrogen (secondary N) is 1. The summed E-state index contributed by atoms with van der Waals surface area (Å²) >= 11 is 5.89. The van der Waals surface area contributed by atoms with Crippen molar-refractivity contribution in [2.75, 3.05) is 26.2 Å². The highest BCUT2D eigenvalue weighted by Crippen LogP contribution is 2.30. The predicted molar refractivity (Wildman–Crippen MR) is 73.5 cm³/mol. The van der Waals surface area contributed by atoms with Crippen LogP contribution in [0.5, 0.6) is 0 Å². The highest BCUT2D eigenvalue weighted by Gasteiger charge is 2.24. The number of nitrogens with zero attached hydrogens (tertiary/aromatic N) is 1. The fourth-order valence-corrected chi connectivity index (χ4v) is 2.76. The summed E-state index contributed by atoms with van der Waals surface area (Å²) in [7, 11) is 0. The molecule has 100 valence electrons. The van der Waals surface area contributed by atoms with Crippen molar-refractivity contribution in [1.29, 1.82) is 0 Å². The second kappa shape index (κ2) is 6.50. The van der Waals surface area contributed by atoms with Gasteiger partial charge in [0.1, 0.15) is 5.82 Å². The fourth-order valence-electron chi connectivity index (χ4n) is 2.58. The number of halogens is 2. The van der Waals surface area contributed by atoms with Gasteiger partial charge < -0.3 is 5.32 Å². The molecule has 1 saturated heterocycles. The maximum absolute atomic E-state index is 14.2. The predicted octanol–water partition coefficient (Wildman–Crippen LogP) is 3.23. The average Bonchev–Trinajstić information content (AvgIpc) is 2.41. The van der Waals surface area contributed by atoms with E-state index in [0.29, 0.717) is 0 Å². The first-order valence-electron chi connectivity index (χ1n) is 6.62. The van der Waals surface area contributed by atoms with Crippen LogP contribution < -0.4 is 5.32 Å². The van der Waals surface area contributed by atoms with Crippen molar-refractivity contribution < 1.29 is 4.39 Å². The molecule has 0 saturated carbocycles. The highest BCUT2D eigenvalue weighted by molar-refractivity contribution is 6.30. The summed E-state index contributed by atoms with van der Waals surface area (Å²) in [5.41, 5.74) is 0.742. The van der Waals surface area contributed by atoms with Crippen LogP contribution in [0, 0.1) is 5.82 Å². The molecule has 18 heavy (non-hydrogen) atoms. The number of hydrogen-bond acceptors (Lipinski definition) is 2. The quantitative estimate of drug-likeness (QED) is 0.904. The molecule has 1 N–H and O–H groups in total. The van der Waals surface area contributed by atoms with Gasteiger partial charge in [-0.15, -0.1) is 0 Å². The summed E-state index contributed by atoms with van der Waals surface area (Å²) in [4.78, 5) is 2.36. The lowest BCUT2D eigenvalue weighted by atomic mass is 9.99. The van der Waals surface area contributed by atoms with Crippen LogP contribution in [0.1, 0.15) is 31.4 Å². The third-order valence-corrected chi connectivity index (χ3v) is 3.79. The maximum Gasteiger partial charge on any atom is 0.146 e. The molecule has 1 aromatic carbocycles. The molecule has 1 aromatic rings. The van der Waals surface area contributed by atoms with Gasteiger partial charge >= 0.3 is 0 Å². The van der Waals surface area contributed by atoms with E-state index >= 15 is 0 Å². The van der Waals surface area contributed by atoms with Crippen LogP contribution in [0.25, 0.3) is 0 Å². The van der Waals surface area contributed by atoms with E-state index in [1.54, 1.807) is 6.07 Å². The molecule has 0 aromatic heterocycles. The van der Waals surface area contributed by atoms with E-state index in [1.807, 2.05) is 12.1 Å². The largest absolute Gasteiger partial charge is 0.314 e. The van der Waals surface area contributed by atoms with E-state index in [9.17, 15) is 4.39 Å². The third kappa shape index (κ3) is 3.02. The second-order valence-electron chi connectivity index (χ2n) is 4.73. The van der Waals surface area contributed by atoms with E-state index in [-0.39, 0.29) is 16.9 Å². The summed E-state index contributed by atoms with van der Waals surface area (Å²) in [5, 5.41) is 3.55. The van der Waals surface area contributed by atoms with Crippen molar-refractivity contribution in [2.45, 2.75) is 25.8 Å². The molecule has 0 unspecified atom stereocenters. The molecule has 0 bridgehead atoms. The van der Waals surface area contributed by atoms with Gasteiger partial charge in [-0.2, -0.15) is 0 Å². The molecule has 2 nitrogen and oxygen atoms in total. The molecule has 0 aliphatic carbocycles. The molecule has 1 aliphatic heterocycles. The van der Waals surface area contributed by atoms with Crippen molar-refractivity contribution in [1.82, 2.24) is 10.2 Å². The Labute approximate surface area is 113 Å². The van der Waals surface area contributed by atoms with Gasteiger partial charge in [0.05, 0.1) is 5.02 Å². The highest BCUT2D eigenvalue weighted by atomic mass is 35.5. The van der Waals surface area contributed by atoms with E-state index in [2.05, 4.69) is 17.1 Å². The molecule has 1 atom stereocenters. The molecule has 4 heteroatoms. The summed E-state index contributed by atoms with van der Waals surface area (Å²) in [6, 6.07) is 5.46. The van der Waals surface area contributed by atoms with Crippen LogP contribution in [0.4, 0.5) is 4.39 Å². The third-order valence-electron chi connectivity index (χ3n) is 3.49.